The maximum absolute atomic E-state index is 12.4. The van der Waals surface area contributed by atoms with Gasteiger partial charge in [0.05, 0.1) is 4.90 Å². The summed E-state index contributed by atoms with van der Waals surface area (Å²) < 4.78 is 27.5. The summed E-state index contributed by atoms with van der Waals surface area (Å²) >= 11 is 1.47. The van der Waals surface area contributed by atoms with E-state index in [2.05, 4.69) is 37.7 Å². The molecule has 0 amide bonds. The van der Waals surface area contributed by atoms with Gasteiger partial charge in [-0.2, -0.15) is 0 Å². The van der Waals surface area contributed by atoms with Crippen LogP contribution in [0.2, 0.25) is 0 Å². The average molecular weight is 319 g/mol. The molecule has 20 heavy (non-hydrogen) atoms. The van der Waals surface area contributed by atoms with Crippen LogP contribution in [0.25, 0.3) is 0 Å². The van der Waals surface area contributed by atoms with Gasteiger partial charge in [-0.1, -0.05) is 34.6 Å². The number of hydrogen-bond donors (Lipinski definition) is 2. The monoisotopic (exact) mass is 318 g/mol. The summed E-state index contributed by atoms with van der Waals surface area (Å²) in [6, 6.07) is 1.68. The first-order valence-corrected chi connectivity index (χ1v) is 9.31. The predicted octanol–water partition coefficient (Wildman–Crippen LogP) is 2.82. The molecule has 0 saturated heterocycles. The summed E-state index contributed by atoms with van der Waals surface area (Å²) in [5.74, 6) is 0.271. The summed E-state index contributed by atoms with van der Waals surface area (Å²) in [6.07, 6.45) is 0. The minimum Gasteiger partial charge on any atom is -0.312 e. The van der Waals surface area contributed by atoms with E-state index in [1.807, 2.05) is 12.3 Å². The van der Waals surface area contributed by atoms with E-state index in [-0.39, 0.29) is 11.3 Å². The molecule has 1 aromatic heterocycles. The van der Waals surface area contributed by atoms with E-state index >= 15 is 0 Å². The second-order valence-electron chi connectivity index (χ2n) is 6.11. The van der Waals surface area contributed by atoms with E-state index < -0.39 is 10.0 Å². The second-order valence-corrected chi connectivity index (χ2v) is 8.84. The van der Waals surface area contributed by atoms with Crippen LogP contribution in [0.4, 0.5) is 0 Å². The molecule has 0 radical (unpaired) electrons. The van der Waals surface area contributed by atoms with Crippen LogP contribution in [-0.4, -0.2) is 21.5 Å². The maximum Gasteiger partial charge on any atom is 0.241 e. The minimum atomic E-state index is -3.41. The lowest BCUT2D eigenvalue weighted by Crippen LogP contribution is -2.34. The van der Waals surface area contributed by atoms with Crippen LogP contribution in [-0.2, 0) is 16.6 Å². The van der Waals surface area contributed by atoms with E-state index in [1.54, 1.807) is 6.07 Å². The van der Waals surface area contributed by atoms with Gasteiger partial charge in [0.25, 0.3) is 0 Å². The van der Waals surface area contributed by atoms with Crippen molar-refractivity contribution in [2.45, 2.75) is 46.1 Å². The Hall–Kier alpha value is -0.430. The third kappa shape index (κ3) is 4.84. The molecule has 0 fully saturated rings. The number of nitrogens with one attached hydrogen (secondary N) is 2. The van der Waals surface area contributed by atoms with Gasteiger partial charge in [-0.05, 0) is 29.3 Å². The number of hydrogen-bond acceptors (Lipinski definition) is 4. The summed E-state index contributed by atoms with van der Waals surface area (Å²) in [4.78, 5) is 1.27. The molecule has 1 unspecified atom stereocenters. The first-order valence-electron chi connectivity index (χ1n) is 6.95. The molecule has 1 atom stereocenters. The van der Waals surface area contributed by atoms with Crippen molar-refractivity contribution < 1.29 is 8.42 Å². The smallest absolute Gasteiger partial charge is 0.241 e. The van der Waals surface area contributed by atoms with Crippen LogP contribution >= 0.6 is 11.3 Å². The highest BCUT2D eigenvalue weighted by atomic mass is 32.2. The fourth-order valence-corrected chi connectivity index (χ4v) is 4.10. The van der Waals surface area contributed by atoms with Crippen molar-refractivity contribution >= 4 is 21.4 Å². The first-order chi connectivity index (χ1) is 9.18. The Morgan fingerprint density at radius 2 is 2.00 bits per heavy atom. The summed E-state index contributed by atoms with van der Waals surface area (Å²) in [5.41, 5.74) is 0.0871. The SMILES string of the molecule is CCNCc1sccc1S(=O)(=O)NCC(C)C(C)(C)C. The van der Waals surface area contributed by atoms with Gasteiger partial charge in [0, 0.05) is 18.0 Å². The lowest BCUT2D eigenvalue weighted by molar-refractivity contribution is 0.263. The van der Waals surface area contributed by atoms with Crippen molar-refractivity contribution in [3.63, 3.8) is 0 Å². The van der Waals surface area contributed by atoms with Gasteiger partial charge >= 0.3 is 0 Å². The predicted molar refractivity (Wildman–Crippen MR) is 85.5 cm³/mol. The molecule has 6 heteroatoms. The van der Waals surface area contributed by atoms with Gasteiger partial charge in [-0.25, -0.2) is 13.1 Å². The van der Waals surface area contributed by atoms with Gasteiger partial charge in [-0.15, -0.1) is 11.3 Å². The van der Waals surface area contributed by atoms with Crippen molar-refractivity contribution in [2.75, 3.05) is 13.1 Å². The fourth-order valence-electron chi connectivity index (χ4n) is 1.55. The molecule has 116 valence electrons. The topological polar surface area (TPSA) is 58.2 Å². The molecule has 0 bridgehead atoms. The van der Waals surface area contributed by atoms with E-state index in [0.29, 0.717) is 18.0 Å². The Morgan fingerprint density at radius 3 is 2.55 bits per heavy atom. The van der Waals surface area contributed by atoms with E-state index in [9.17, 15) is 8.42 Å². The van der Waals surface area contributed by atoms with E-state index in [0.717, 1.165) is 11.4 Å². The quantitative estimate of drug-likeness (QED) is 0.813. The van der Waals surface area contributed by atoms with Crippen molar-refractivity contribution in [2.24, 2.45) is 11.3 Å². The van der Waals surface area contributed by atoms with Crippen LogP contribution < -0.4 is 10.0 Å². The van der Waals surface area contributed by atoms with Crippen LogP contribution in [0, 0.1) is 11.3 Å². The highest BCUT2D eigenvalue weighted by Gasteiger charge is 2.24. The molecule has 4 nitrogen and oxygen atoms in total. The molecule has 0 spiro atoms. The van der Waals surface area contributed by atoms with Gasteiger partial charge < -0.3 is 5.32 Å². The molecule has 2 N–H and O–H groups in total. The molecule has 0 saturated carbocycles. The summed E-state index contributed by atoms with van der Waals surface area (Å²) in [6.45, 7) is 12.3. The van der Waals surface area contributed by atoms with Gasteiger partial charge in [0.1, 0.15) is 0 Å². The Morgan fingerprint density at radius 1 is 1.35 bits per heavy atom. The Bertz CT molecular complexity index is 516. The Labute approximate surface area is 127 Å². The molecule has 1 rings (SSSR count). The lowest BCUT2D eigenvalue weighted by atomic mass is 9.82. The third-order valence-corrected chi connectivity index (χ3v) is 6.15. The third-order valence-electron chi connectivity index (χ3n) is 3.59. The molecule has 0 aliphatic heterocycles. The molecule has 1 heterocycles. The van der Waals surface area contributed by atoms with E-state index in [4.69, 9.17) is 0 Å². The highest BCUT2D eigenvalue weighted by Crippen LogP contribution is 2.26. The van der Waals surface area contributed by atoms with Crippen LogP contribution in [0.3, 0.4) is 0 Å². The van der Waals surface area contributed by atoms with Crippen molar-refractivity contribution in [3.8, 4) is 0 Å². The van der Waals surface area contributed by atoms with Crippen molar-refractivity contribution in [3.05, 3.63) is 16.3 Å². The van der Waals surface area contributed by atoms with Crippen molar-refractivity contribution in [1.29, 1.82) is 0 Å². The average Bonchev–Trinajstić information content (AvgIpc) is 2.81. The maximum atomic E-state index is 12.4. The van der Waals surface area contributed by atoms with Gasteiger partial charge in [0.15, 0.2) is 0 Å². The Balaban J connectivity index is 2.77. The highest BCUT2D eigenvalue weighted by molar-refractivity contribution is 7.89. The van der Waals surface area contributed by atoms with Crippen molar-refractivity contribution in [1.82, 2.24) is 10.0 Å². The standard InChI is InChI=1S/C14H26N2O2S2/c1-6-15-10-12-13(7-8-19-12)20(17,18)16-9-11(2)14(3,4)5/h7-8,11,15-16H,6,9-10H2,1-5H3. The van der Waals surface area contributed by atoms with Crippen LogP contribution in [0.5, 0.6) is 0 Å². The molecule has 1 aromatic rings. The molecule has 0 aromatic carbocycles. The minimum absolute atomic E-state index is 0.0871. The zero-order valence-electron chi connectivity index (χ0n) is 13.0. The summed E-state index contributed by atoms with van der Waals surface area (Å²) in [5, 5.41) is 5.00. The van der Waals surface area contributed by atoms with Gasteiger partial charge in [-0.3, -0.25) is 0 Å². The Kier molecular flexibility index (Phi) is 6.19. The molecular formula is C14H26N2O2S2. The zero-order valence-corrected chi connectivity index (χ0v) is 14.6. The van der Waals surface area contributed by atoms with Gasteiger partial charge in [0.2, 0.25) is 10.0 Å². The molecule has 0 aliphatic rings. The number of thiophene rings is 1. The molecule has 0 aliphatic carbocycles. The van der Waals surface area contributed by atoms with Crippen LogP contribution in [0.1, 0.15) is 39.5 Å². The number of sulfonamides is 1. The summed E-state index contributed by atoms with van der Waals surface area (Å²) in [7, 11) is -3.41. The zero-order chi connectivity index (χ0) is 15.4. The fraction of sp³-hybridized carbons (Fsp3) is 0.714. The van der Waals surface area contributed by atoms with Crippen LogP contribution in [0.15, 0.2) is 16.3 Å². The largest absolute Gasteiger partial charge is 0.312 e. The van der Waals surface area contributed by atoms with E-state index in [1.165, 1.54) is 11.3 Å². The first kappa shape index (κ1) is 17.6. The second kappa shape index (κ2) is 7.02. The normalized spacial score (nSPS) is 14.4. The molecular weight excluding hydrogens is 292 g/mol. The number of rotatable bonds is 7. The lowest BCUT2D eigenvalue weighted by Gasteiger charge is -2.27.